The third-order valence-electron chi connectivity index (χ3n) is 4.27. The summed E-state index contributed by atoms with van der Waals surface area (Å²) in [5, 5.41) is 3.99. The fourth-order valence-electron chi connectivity index (χ4n) is 2.89. The molecule has 0 saturated carbocycles. The van der Waals surface area contributed by atoms with Gasteiger partial charge in [-0.3, -0.25) is 9.78 Å². The van der Waals surface area contributed by atoms with E-state index in [-0.39, 0.29) is 0 Å². The monoisotopic (exact) mass is 371 g/mol. The van der Waals surface area contributed by atoms with Gasteiger partial charge in [-0.15, -0.1) is 0 Å². The molecule has 0 aliphatic heterocycles. The smallest absolute Gasteiger partial charge is 0.250 e. The Labute approximate surface area is 161 Å². The van der Waals surface area contributed by atoms with Gasteiger partial charge < -0.3 is 15.8 Å². The van der Waals surface area contributed by atoms with Crippen LogP contribution in [0.1, 0.15) is 10.4 Å². The van der Waals surface area contributed by atoms with Gasteiger partial charge in [-0.1, -0.05) is 12.1 Å². The van der Waals surface area contributed by atoms with Crippen molar-refractivity contribution in [3.8, 4) is 17.1 Å². The Hall–Kier alpha value is -4.00. The number of nitrogens with one attached hydrogen (secondary N) is 1. The van der Waals surface area contributed by atoms with Gasteiger partial charge in [0.25, 0.3) is 5.91 Å². The van der Waals surface area contributed by atoms with Gasteiger partial charge in [-0.05, 0) is 42.5 Å². The van der Waals surface area contributed by atoms with Gasteiger partial charge in [0.15, 0.2) is 5.82 Å². The van der Waals surface area contributed by atoms with Crippen molar-refractivity contribution < 1.29 is 9.53 Å². The number of nitrogens with zero attached hydrogens (tertiary/aromatic N) is 3. The van der Waals surface area contributed by atoms with Crippen LogP contribution in [0.25, 0.3) is 22.3 Å². The van der Waals surface area contributed by atoms with Crippen LogP contribution >= 0.6 is 0 Å². The number of amides is 1. The number of methoxy groups -OCH3 is 1. The SMILES string of the molecule is COc1ccc2nc(-c3cccnc3)nc(Nc3ccccc3C(N)=O)c2c1. The van der Waals surface area contributed by atoms with Gasteiger partial charge in [0.1, 0.15) is 11.6 Å². The summed E-state index contributed by atoms with van der Waals surface area (Å²) >= 11 is 0. The summed E-state index contributed by atoms with van der Waals surface area (Å²) in [5.74, 6) is 1.21. The van der Waals surface area contributed by atoms with E-state index in [0.29, 0.717) is 28.6 Å². The number of nitrogens with two attached hydrogens (primary N) is 1. The van der Waals surface area contributed by atoms with Crippen LogP contribution in [0.3, 0.4) is 0 Å². The highest BCUT2D eigenvalue weighted by molar-refractivity contribution is 6.01. The molecule has 0 aliphatic carbocycles. The molecule has 3 N–H and O–H groups in total. The lowest BCUT2D eigenvalue weighted by molar-refractivity contribution is 0.100. The predicted molar refractivity (Wildman–Crippen MR) is 108 cm³/mol. The van der Waals surface area contributed by atoms with Crippen LogP contribution in [0.2, 0.25) is 0 Å². The number of aromatic nitrogens is 3. The Bertz CT molecular complexity index is 1160. The van der Waals surface area contributed by atoms with Gasteiger partial charge >= 0.3 is 0 Å². The highest BCUT2D eigenvalue weighted by atomic mass is 16.5. The number of carbonyl (C=O) groups is 1. The molecule has 2 aromatic carbocycles. The van der Waals surface area contributed by atoms with Crippen molar-refractivity contribution in [2.45, 2.75) is 0 Å². The third-order valence-corrected chi connectivity index (χ3v) is 4.27. The minimum absolute atomic E-state index is 0.375. The van der Waals surface area contributed by atoms with Gasteiger partial charge in [0.2, 0.25) is 0 Å². The Morgan fingerprint density at radius 2 is 1.93 bits per heavy atom. The van der Waals surface area contributed by atoms with Crippen LogP contribution in [0, 0.1) is 0 Å². The number of para-hydroxylation sites is 1. The predicted octanol–water partition coefficient (Wildman–Crippen LogP) is 3.54. The van der Waals surface area contributed by atoms with E-state index in [2.05, 4.69) is 20.3 Å². The molecule has 1 amide bonds. The van der Waals surface area contributed by atoms with E-state index >= 15 is 0 Å². The van der Waals surface area contributed by atoms with Crippen LogP contribution in [-0.4, -0.2) is 28.0 Å². The molecule has 0 radical (unpaired) electrons. The molecule has 138 valence electrons. The Morgan fingerprint density at radius 3 is 2.68 bits per heavy atom. The standard InChI is InChI=1S/C21H17N5O2/c1-28-14-8-9-18-16(11-14)21(25-17-7-3-2-6-15(17)19(22)27)26-20(24-18)13-5-4-10-23-12-13/h2-12H,1H3,(H2,22,27)(H,24,25,26). The molecule has 0 saturated heterocycles. The van der Waals surface area contributed by atoms with Gasteiger partial charge in [0, 0.05) is 23.3 Å². The molecule has 7 nitrogen and oxygen atoms in total. The fraction of sp³-hybridized carbons (Fsp3) is 0.0476. The maximum atomic E-state index is 11.8. The molecule has 4 aromatic rings. The second-order valence-corrected chi connectivity index (χ2v) is 6.06. The third kappa shape index (κ3) is 3.33. The van der Waals surface area contributed by atoms with E-state index in [1.165, 1.54) is 0 Å². The average Bonchev–Trinajstić information content (AvgIpc) is 2.74. The van der Waals surface area contributed by atoms with Crippen molar-refractivity contribution >= 4 is 28.3 Å². The van der Waals surface area contributed by atoms with Gasteiger partial charge in [0.05, 0.1) is 23.9 Å². The minimum atomic E-state index is -0.522. The summed E-state index contributed by atoms with van der Waals surface area (Å²) in [7, 11) is 1.60. The van der Waals surface area contributed by atoms with Crippen LogP contribution in [0.4, 0.5) is 11.5 Å². The number of fused-ring (bicyclic) bond motifs is 1. The molecule has 2 aromatic heterocycles. The van der Waals surface area contributed by atoms with Gasteiger partial charge in [-0.25, -0.2) is 9.97 Å². The number of hydrogen-bond donors (Lipinski definition) is 2. The molecule has 0 unspecified atom stereocenters. The van der Waals surface area contributed by atoms with E-state index < -0.39 is 5.91 Å². The maximum absolute atomic E-state index is 11.8. The lowest BCUT2D eigenvalue weighted by Gasteiger charge is -2.13. The Balaban J connectivity index is 1.91. The van der Waals surface area contributed by atoms with Crippen molar-refractivity contribution in [2.24, 2.45) is 5.73 Å². The zero-order chi connectivity index (χ0) is 19.5. The topological polar surface area (TPSA) is 103 Å². The van der Waals surface area contributed by atoms with Crippen molar-refractivity contribution in [1.82, 2.24) is 15.0 Å². The molecule has 0 spiro atoms. The lowest BCUT2D eigenvalue weighted by atomic mass is 10.1. The molecule has 2 heterocycles. The summed E-state index contributed by atoms with van der Waals surface area (Å²) in [6.07, 6.45) is 3.39. The molecule has 4 rings (SSSR count). The normalized spacial score (nSPS) is 10.6. The van der Waals surface area contributed by atoms with E-state index in [0.717, 1.165) is 16.5 Å². The molecular formula is C21H17N5O2. The summed E-state index contributed by atoms with van der Waals surface area (Å²) in [5.41, 5.74) is 7.96. The number of hydrogen-bond acceptors (Lipinski definition) is 6. The second kappa shape index (κ2) is 7.32. The minimum Gasteiger partial charge on any atom is -0.497 e. The lowest BCUT2D eigenvalue weighted by Crippen LogP contribution is -2.13. The number of ether oxygens (including phenoxy) is 1. The number of pyridine rings is 1. The molecular weight excluding hydrogens is 354 g/mol. The molecule has 0 fully saturated rings. The van der Waals surface area contributed by atoms with E-state index in [1.807, 2.05) is 36.4 Å². The van der Waals surface area contributed by atoms with Gasteiger partial charge in [-0.2, -0.15) is 0 Å². The summed E-state index contributed by atoms with van der Waals surface area (Å²) in [6.45, 7) is 0. The van der Waals surface area contributed by atoms with Crippen LogP contribution in [0.15, 0.2) is 67.0 Å². The first-order chi connectivity index (χ1) is 13.7. The van der Waals surface area contributed by atoms with E-state index in [1.54, 1.807) is 37.7 Å². The van der Waals surface area contributed by atoms with Crippen molar-refractivity contribution in [3.05, 3.63) is 72.6 Å². The highest BCUT2D eigenvalue weighted by Gasteiger charge is 2.14. The summed E-state index contributed by atoms with van der Waals surface area (Å²) < 4.78 is 5.34. The molecule has 28 heavy (non-hydrogen) atoms. The average molecular weight is 371 g/mol. The van der Waals surface area contributed by atoms with Crippen molar-refractivity contribution in [1.29, 1.82) is 0 Å². The van der Waals surface area contributed by atoms with E-state index in [9.17, 15) is 4.79 Å². The number of rotatable bonds is 5. The first kappa shape index (κ1) is 17.4. The van der Waals surface area contributed by atoms with Crippen LogP contribution in [-0.2, 0) is 0 Å². The van der Waals surface area contributed by atoms with Crippen LogP contribution in [0.5, 0.6) is 5.75 Å². The molecule has 0 aliphatic rings. The number of benzene rings is 2. The zero-order valence-corrected chi connectivity index (χ0v) is 15.1. The highest BCUT2D eigenvalue weighted by Crippen LogP contribution is 2.30. The second-order valence-electron chi connectivity index (χ2n) is 6.06. The fourth-order valence-corrected chi connectivity index (χ4v) is 2.89. The molecule has 0 atom stereocenters. The first-order valence-corrected chi connectivity index (χ1v) is 8.58. The summed E-state index contributed by atoms with van der Waals surface area (Å²) in [6, 6.07) is 16.3. The van der Waals surface area contributed by atoms with Crippen molar-refractivity contribution in [3.63, 3.8) is 0 Å². The van der Waals surface area contributed by atoms with Crippen LogP contribution < -0.4 is 15.8 Å². The maximum Gasteiger partial charge on any atom is 0.250 e. The number of primary amides is 1. The quantitative estimate of drug-likeness (QED) is 0.556. The number of anilines is 2. The Morgan fingerprint density at radius 1 is 1.07 bits per heavy atom. The Kier molecular flexibility index (Phi) is 4.55. The largest absolute Gasteiger partial charge is 0.497 e. The summed E-state index contributed by atoms with van der Waals surface area (Å²) in [4.78, 5) is 25.2. The molecule has 0 bridgehead atoms. The van der Waals surface area contributed by atoms with Crippen molar-refractivity contribution in [2.75, 3.05) is 12.4 Å². The zero-order valence-electron chi connectivity index (χ0n) is 15.1. The molecule has 7 heteroatoms. The van der Waals surface area contributed by atoms with E-state index in [4.69, 9.17) is 10.5 Å². The number of carbonyl (C=O) groups excluding carboxylic acids is 1. The first-order valence-electron chi connectivity index (χ1n) is 8.58.